The molecule has 0 aliphatic carbocycles. The van der Waals surface area contributed by atoms with Crippen molar-refractivity contribution in [1.29, 1.82) is 0 Å². The molecule has 5 nitrogen and oxygen atoms in total. The summed E-state index contributed by atoms with van der Waals surface area (Å²) in [5, 5.41) is 5.32. The molecule has 140 valence electrons. The van der Waals surface area contributed by atoms with E-state index >= 15 is 0 Å². The Bertz CT molecular complexity index is 741. The highest BCUT2D eigenvalue weighted by Crippen LogP contribution is 2.28. The van der Waals surface area contributed by atoms with E-state index in [0.717, 1.165) is 61.4 Å². The molecule has 1 aliphatic rings. The summed E-state index contributed by atoms with van der Waals surface area (Å²) in [5.74, 6) is 0.906. The van der Waals surface area contributed by atoms with E-state index in [1.54, 1.807) is 7.11 Å². The predicted octanol–water partition coefficient (Wildman–Crippen LogP) is 2.62. The van der Waals surface area contributed by atoms with Gasteiger partial charge in [-0.25, -0.2) is 0 Å². The molecule has 1 heterocycles. The van der Waals surface area contributed by atoms with Crippen molar-refractivity contribution < 1.29 is 14.3 Å². The number of morpholine rings is 1. The molecule has 0 spiro atoms. The van der Waals surface area contributed by atoms with Crippen molar-refractivity contribution in [3.05, 3.63) is 42.0 Å². The van der Waals surface area contributed by atoms with Crippen LogP contribution in [-0.4, -0.2) is 56.8 Å². The molecule has 1 N–H and O–H groups in total. The van der Waals surface area contributed by atoms with Gasteiger partial charge < -0.3 is 14.8 Å². The van der Waals surface area contributed by atoms with E-state index in [1.165, 1.54) is 0 Å². The minimum Gasteiger partial charge on any atom is -0.496 e. The second kappa shape index (κ2) is 9.01. The van der Waals surface area contributed by atoms with Crippen molar-refractivity contribution in [2.45, 2.75) is 25.8 Å². The van der Waals surface area contributed by atoms with Gasteiger partial charge in [0, 0.05) is 31.1 Å². The third-order valence-electron chi connectivity index (χ3n) is 4.99. The molecule has 1 saturated heterocycles. The Balaban J connectivity index is 1.66. The quantitative estimate of drug-likeness (QED) is 0.829. The summed E-state index contributed by atoms with van der Waals surface area (Å²) in [5.41, 5.74) is 1.03. The van der Waals surface area contributed by atoms with Gasteiger partial charge >= 0.3 is 0 Å². The van der Waals surface area contributed by atoms with Crippen molar-refractivity contribution in [1.82, 2.24) is 10.2 Å². The van der Waals surface area contributed by atoms with Crippen LogP contribution in [0.5, 0.6) is 5.75 Å². The highest BCUT2D eigenvalue weighted by Gasteiger charge is 2.18. The molecule has 0 radical (unpaired) electrons. The van der Waals surface area contributed by atoms with Crippen LogP contribution in [0.4, 0.5) is 0 Å². The maximum absolute atomic E-state index is 12.6. The highest BCUT2D eigenvalue weighted by atomic mass is 16.5. The summed E-state index contributed by atoms with van der Waals surface area (Å²) >= 11 is 0. The third-order valence-corrected chi connectivity index (χ3v) is 4.99. The third kappa shape index (κ3) is 4.54. The van der Waals surface area contributed by atoms with Crippen LogP contribution in [-0.2, 0) is 16.0 Å². The molecule has 1 atom stereocenters. The largest absolute Gasteiger partial charge is 0.496 e. The number of rotatable bonds is 7. The van der Waals surface area contributed by atoms with Crippen LogP contribution in [0.2, 0.25) is 0 Å². The monoisotopic (exact) mass is 356 g/mol. The van der Waals surface area contributed by atoms with Gasteiger partial charge in [-0.05, 0) is 23.4 Å². The first-order valence-corrected chi connectivity index (χ1v) is 9.35. The molecule has 1 fully saturated rings. The summed E-state index contributed by atoms with van der Waals surface area (Å²) in [6, 6.07) is 12.2. The van der Waals surface area contributed by atoms with E-state index in [2.05, 4.69) is 17.1 Å². The number of carbonyl (C=O) groups excluding carboxylic acids is 1. The van der Waals surface area contributed by atoms with Gasteiger partial charge in [-0.3, -0.25) is 9.69 Å². The van der Waals surface area contributed by atoms with Crippen molar-refractivity contribution in [3.8, 4) is 5.75 Å². The van der Waals surface area contributed by atoms with E-state index < -0.39 is 0 Å². The first kappa shape index (κ1) is 18.7. The van der Waals surface area contributed by atoms with Gasteiger partial charge in [-0.2, -0.15) is 0 Å². The van der Waals surface area contributed by atoms with Crippen molar-refractivity contribution >= 4 is 16.7 Å². The van der Waals surface area contributed by atoms with E-state index in [4.69, 9.17) is 9.47 Å². The molecular formula is C21H28N2O3. The zero-order valence-corrected chi connectivity index (χ0v) is 15.7. The van der Waals surface area contributed by atoms with Gasteiger partial charge in [0.05, 0.1) is 26.7 Å². The standard InChI is InChI=1S/C21H28N2O3/c1-3-17(15-23-10-12-26-13-11-23)22-21(24)14-16-8-9-20(25-2)19-7-5-4-6-18(16)19/h4-9,17H,3,10-15H2,1-2H3,(H,22,24). The van der Waals surface area contributed by atoms with Crippen LogP contribution in [0.25, 0.3) is 10.8 Å². The summed E-state index contributed by atoms with van der Waals surface area (Å²) in [6.07, 6.45) is 1.30. The lowest BCUT2D eigenvalue weighted by molar-refractivity contribution is -0.121. The molecular weight excluding hydrogens is 328 g/mol. The Morgan fingerprint density at radius 1 is 1.19 bits per heavy atom. The Morgan fingerprint density at radius 3 is 2.62 bits per heavy atom. The molecule has 3 rings (SSSR count). The van der Waals surface area contributed by atoms with Crippen LogP contribution in [0.1, 0.15) is 18.9 Å². The van der Waals surface area contributed by atoms with Crippen LogP contribution >= 0.6 is 0 Å². The lowest BCUT2D eigenvalue weighted by Crippen LogP contribution is -2.47. The number of nitrogens with zero attached hydrogens (tertiary/aromatic N) is 1. The molecule has 26 heavy (non-hydrogen) atoms. The van der Waals surface area contributed by atoms with Gasteiger partial charge in [0.2, 0.25) is 5.91 Å². The fourth-order valence-corrected chi connectivity index (χ4v) is 3.49. The Labute approximate surface area is 155 Å². The van der Waals surface area contributed by atoms with Gasteiger partial charge in [-0.1, -0.05) is 37.3 Å². The van der Waals surface area contributed by atoms with Crippen molar-refractivity contribution in [2.75, 3.05) is 40.0 Å². The van der Waals surface area contributed by atoms with E-state index in [-0.39, 0.29) is 11.9 Å². The van der Waals surface area contributed by atoms with Gasteiger partial charge in [0.25, 0.3) is 0 Å². The Morgan fingerprint density at radius 2 is 1.92 bits per heavy atom. The van der Waals surface area contributed by atoms with Crippen LogP contribution in [0, 0.1) is 0 Å². The van der Waals surface area contributed by atoms with Gasteiger partial charge in [-0.15, -0.1) is 0 Å². The van der Waals surface area contributed by atoms with Gasteiger partial charge in [0.1, 0.15) is 5.75 Å². The number of hydrogen-bond donors (Lipinski definition) is 1. The number of hydrogen-bond acceptors (Lipinski definition) is 4. The second-order valence-corrected chi connectivity index (χ2v) is 6.73. The summed E-state index contributed by atoms with van der Waals surface area (Å²) in [4.78, 5) is 15.0. The molecule has 5 heteroatoms. The number of ether oxygens (including phenoxy) is 2. The molecule has 1 aliphatic heterocycles. The predicted molar refractivity (Wildman–Crippen MR) is 104 cm³/mol. The number of carbonyl (C=O) groups is 1. The van der Waals surface area contributed by atoms with Crippen LogP contribution in [0.3, 0.4) is 0 Å². The lowest BCUT2D eigenvalue weighted by Gasteiger charge is -2.30. The average molecular weight is 356 g/mol. The van der Waals surface area contributed by atoms with E-state index in [1.807, 2.05) is 36.4 Å². The number of benzene rings is 2. The zero-order valence-electron chi connectivity index (χ0n) is 15.7. The fourth-order valence-electron chi connectivity index (χ4n) is 3.49. The maximum Gasteiger partial charge on any atom is 0.224 e. The molecule has 0 bridgehead atoms. The number of fused-ring (bicyclic) bond motifs is 1. The van der Waals surface area contributed by atoms with Crippen LogP contribution in [0.15, 0.2) is 36.4 Å². The van der Waals surface area contributed by atoms with Gasteiger partial charge in [0.15, 0.2) is 0 Å². The normalized spacial score (nSPS) is 16.4. The number of nitrogens with one attached hydrogen (secondary N) is 1. The first-order chi connectivity index (χ1) is 12.7. The van der Waals surface area contributed by atoms with Crippen LogP contribution < -0.4 is 10.1 Å². The number of methoxy groups -OCH3 is 1. The summed E-state index contributed by atoms with van der Waals surface area (Å²) in [7, 11) is 1.67. The lowest BCUT2D eigenvalue weighted by atomic mass is 10.0. The maximum atomic E-state index is 12.6. The van der Waals surface area contributed by atoms with Crippen molar-refractivity contribution in [3.63, 3.8) is 0 Å². The summed E-state index contributed by atoms with van der Waals surface area (Å²) < 4.78 is 10.8. The van der Waals surface area contributed by atoms with E-state index in [0.29, 0.717) is 6.42 Å². The molecule has 2 aromatic carbocycles. The Hall–Kier alpha value is -2.11. The minimum atomic E-state index is 0.0698. The van der Waals surface area contributed by atoms with E-state index in [9.17, 15) is 4.79 Å². The SMILES string of the molecule is CCC(CN1CCOCC1)NC(=O)Cc1ccc(OC)c2ccccc12. The number of amides is 1. The zero-order chi connectivity index (χ0) is 18.4. The van der Waals surface area contributed by atoms with Crippen molar-refractivity contribution in [2.24, 2.45) is 0 Å². The summed E-state index contributed by atoms with van der Waals surface area (Å²) in [6.45, 7) is 6.44. The second-order valence-electron chi connectivity index (χ2n) is 6.73. The Kier molecular flexibility index (Phi) is 6.47. The fraction of sp³-hybridized carbons (Fsp3) is 0.476. The smallest absolute Gasteiger partial charge is 0.224 e. The molecule has 0 saturated carbocycles. The molecule has 1 amide bonds. The topological polar surface area (TPSA) is 50.8 Å². The highest BCUT2D eigenvalue weighted by molar-refractivity contribution is 5.94. The average Bonchev–Trinajstić information content (AvgIpc) is 2.68. The first-order valence-electron chi connectivity index (χ1n) is 9.35. The molecule has 2 aromatic rings. The molecule has 1 unspecified atom stereocenters. The minimum absolute atomic E-state index is 0.0698. The molecule has 0 aromatic heterocycles.